The van der Waals surface area contributed by atoms with Crippen LogP contribution < -0.4 is 0 Å². The van der Waals surface area contributed by atoms with Crippen LogP contribution in [0.15, 0.2) is 54.6 Å². The molecule has 108 valence electrons. The first kappa shape index (κ1) is 13.4. The predicted octanol–water partition coefficient (Wildman–Crippen LogP) is 4.50. The summed E-state index contributed by atoms with van der Waals surface area (Å²) in [6, 6.07) is 19.4. The summed E-state index contributed by atoms with van der Waals surface area (Å²) in [5.74, 6) is 0.881. The highest BCUT2D eigenvalue weighted by molar-refractivity contribution is 6.30. The summed E-state index contributed by atoms with van der Waals surface area (Å²) in [4.78, 5) is 2.62. The minimum Gasteiger partial charge on any atom is -0.298 e. The second kappa shape index (κ2) is 5.15. The lowest BCUT2D eigenvalue weighted by Crippen LogP contribution is -2.58. The molecule has 2 aliphatic heterocycles. The standard InChI is InChI=1S/C19H20ClN/c20-18-8-6-15(7-9-18)12-21-13-16-10-19(11-16,14-21)17-4-2-1-3-5-17/h1-9,16H,10-14H2. The zero-order chi connectivity index (χ0) is 14.3. The molecule has 0 unspecified atom stereocenters. The Kier molecular flexibility index (Phi) is 3.28. The first-order chi connectivity index (χ1) is 10.2. The SMILES string of the molecule is Clc1ccc(CN2CC3CC(c4ccccc4)(C3)C2)cc1. The molecule has 0 atom stereocenters. The number of hydrogen-bond acceptors (Lipinski definition) is 1. The van der Waals surface area contributed by atoms with Crippen molar-refractivity contribution in [2.45, 2.75) is 24.8 Å². The van der Waals surface area contributed by atoms with Gasteiger partial charge in [-0.1, -0.05) is 54.1 Å². The Labute approximate surface area is 131 Å². The minimum absolute atomic E-state index is 0.413. The van der Waals surface area contributed by atoms with Gasteiger partial charge in [-0.2, -0.15) is 0 Å². The molecule has 3 fully saturated rings. The number of rotatable bonds is 3. The smallest absolute Gasteiger partial charge is 0.0406 e. The molecule has 0 amide bonds. The fourth-order valence-electron chi connectivity index (χ4n) is 4.25. The summed E-state index contributed by atoms with van der Waals surface area (Å²) < 4.78 is 0. The van der Waals surface area contributed by atoms with Crippen molar-refractivity contribution in [2.75, 3.05) is 13.1 Å². The third-order valence-corrected chi connectivity index (χ3v) is 5.36. The van der Waals surface area contributed by atoms with Crippen molar-refractivity contribution in [1.29, 1.82) is 0 Å². The van der Waals surface area contributed by atoms with E-state index in [1.807, 2.05) is 12.1 Å². The lowest BCUT2D eigenvalue weighted by atomic mass is 9.56. The van der Waals surface area contributed by atoms with Crippen LogP contribution in [0.2, 0.25) is 5.02 Å². The number of fused-ring (bicyclic) bond motifs is 2. The predicted molar refractivity (Wildman–Crippen MR) is 87.6 cm³/mol. The van der Waals surface area contributed by atoms with Crippen LogP contribution in [-0.4, -0.2) is 18.0 Å². The van der Waals surface area contributed by atoms with Gasteiger partial charge < -0.3 is 0 Å². The average molecular weight is 298 g/mol. The molecule has 1 aliphatic carbocycles. The molecule has 1 saturated carbocycles. The topological polar surface area (TPSA) is 3.24 Å². The zero-order valence-electron chi connectivity index (χ0n) is 12.1. The quantitative estimate of drug-likeness (QED) is 0.806. The van der Waals surface area contributed by atoms with Gasteiger partial charge in [0.2, 0.25) is 0 Å². The summed E-state index contributed by atoms with van der Waals surface area (Å²) in [6.07, 6.45) is 2.74. The molecule has 0 radical (unpaired) electrons. The number of benzene rings is 2. The summed E-state index contributed by atoms with van der Waals surface area (Å²) in [7, 11) is 0. The van der Waals surface area contributed by atoms with Gasteiger partial charge in [0, 0.05) is 30.1 Å². The maximum atomic E-state index is 5.97. The summed E-state index contributed by atoms with van der Waals surface area (Å²) >= 11 is 5.97. The Morgan fingerprint density at radius 2 is 1.71 bits per heavy atom. The van der Waals surface area contributed by atoms with Crippen LogP contribution in [0.25, 0.3) is 0 Å². The van der Waals surface area contributed by atoms with E-state index in [1.165, 1.54) is 37.1 Å². The van der Waals surface area contributed by atoms with Gasteiger partial charge in [-0.15, -0.1) is 0 Å². The second-order valence-corrected chi connectivity index (χ2v) is 7.15. The van der Waals surface area contributed by atoms with E-state index in [9.17, 15) is 0 Å². The number of halogens is 1. The van der Waals surface area contributed by atoms with Crippen molar-refractivity contribution in [2.24, 2.45) is 5.92 Å². The van der Waals surface area contributed by atoms with E-state index in [1.54, 1.807) is 0 Å². The van der Waals surface area contributed by atoms with E-state index >= 15 is 0 Å². The molecule has 0 spiro atoms. The fraction of sp³-hybridized carbons (Fsp3) is 0.368. The lowest BCUT2D eigenvalue weighted by Gasteiger charge is -2.57. The van der Waals surface area contributed by atoms with Crippen LogP contribution >= 0.6 is 11.6 Å². The third-order valence-electron chi connectivity index (χ3n) is 5.11. The van der Waals surface area contributed by atoms with Gasteiger partial charge in [0.25, 0.3) is 0 Å². The first-order valence-electron chi connectivity index (χ1n) is 7.76. The Morgan fingerprint density at radius 1 is 1.00 bits per heavy atom. The summed E-state index contributed by atoms with van der Waals surface area (Å²) in [5, 5.41) is 0.820. The van der Waals surface area contributed by atoms with Gasteiger partial charge in [-0.3, -0.25) is 4.90 Å². The molecule has 2 heteroatoms. The van der Waals surface area contributed by atoms with Gasteiger partial charge in [0.15, 0.2) is 0 Å². The zero-order valence-corrected chi connectivity index (χ0v) is 12.9. The molecule has 2 saturated heterocycles. The normalized spacial score (nSPS) is 28.1. The molecule has 2 aromatic carbocycles. The van der Waals surface area contributed by atoms with Crippen molar-refractivity contribution >= 4 is 11.6 Å². The molecule has 5 rings (SSSR count). The van der Waals surface area contributed by atoms with E-state index in [4.69, 9.17) is 11.6 Å². The van der Waals surface area contributed by atoms with E-state index < -0.39 is 0 Å². The van der Waals surface area contributed by atoms with Crippen molar-refractivity contribution in [3.63, 3.8) is 0 Å². The molecular weight excluding hydrogens is 278 g/mol. The van der Waals surface area contributed by atoms with Crippen molar-refractivity contribution < 1.29 is 0 Å². The molecule has 21 heavy (non-hydrogen) atoms. The third kappa shape index (κ3) is 2.49. The highest BCUT2D eigenvalue weighted by Gasteiger charge is 2.50. The number of hydrogen-bond donors (Lipinski definition) is 0. The average Bonchev–Trinajstić information content (AvgIpc) is 2.50. The van der Waals surface area contributed by atoms with Crippen LogP contribution in [0.4, 0.5) is 0 Å². The molecular formula is C19H20ClN. The van der Waals surface area contributed by atoms with Crippen LogP contribution in [0.3, 0.4) is 0 Å². The maximum absolute atomic E-state index is 5.97. The van der Waals surface area contributed by atoms with Gasteiger partial charge >= 0.3 is 0 Å². The Bertz CT molecular complexity index is 614. The summed E-state index contributed by atoms with van der Waals surface area (Å²) in [6.45, 7) is 3.48. The highest BCUT2D eigenvalue weighted by Crippen LogP contribution is 2.52. The molecule has 0 aromatic heterocycles. The highest BCUT2D eigenvalue weighted by atomic mass is 35.5. The molecule has 2 heterocycles. The lowest BCUT2D eigenvalue weighted by molar-refractivity contribution is -0.00801. The maximum Gasteiger partial charge on any atom is 0.0406 e. The van der Waals surface area contributed by atoms with Crippen LogP contribution in [0, 0.1) is 5.92 Å². The molecule has 2 bridgehead atoms. The van der Waals surface area contributed by atoms with Crippen molar-refractivity contribution in [3.8, 4) is 0 Å². The van der Waals surface area contributed by atoms with Crippen molar-refractivity contribution in [1.82, 2.24) is 4.90 Å². The largest absolute Gasteiger partial charge is 0.298 e. The van der Waals surface area contributed by atoms with Gasteiger partial charge in [-0.25, -0.2) is 0 Å². The van der Waals surface area contributed by atoms with E-state index in [0.717, 1.165) is 17.5 Å². The Morgan fingerprint density at radius 3 is 2.43 bits per heavy atom. The number of nitrogens with zero attached hydrogens (tertiary/aromatic N) is 1. The molecule has 3 aliphatic rings. The van der Waals surface area contributed by atoms with Crippen molar-refractivity contribution in [3.05, 3.63) is 70.7 Å². The Hall–Kier alpha value is -1.31. The molecule has 1 nitrogen and oxygen atoms in total. The minimum atomic E-state index is 0.413. The van der Waals surface area contributed by atoms with Gasteiger partial charge in [0.1, 0.15) is 0 Å². The second-order valence-electron chi connectivity index (χ2n) is 6.72. The molecule has 0 N–H and O–H groups in total. The van der Waals surface area contributed by atoms with Gasteiger partial charge in [-0.05, 0) is 42.0 Å². The van der Waals surface area contributed by atoms with E-state index in [-0.39, 0.29) is 0 Å². The van der Waals surface area contributed by atoms with Crippen LogP contribution in [-0.2, 0) is 12.0 Å². The van der Waals surface area contributed by atoms with E-state index in [0.29, 0.717) is 5.41 Å². The van der Waals surface area contributed by atoms with Gasteiger partial charge in [0.05, 0.1) is 0 Å². The summed E-state index contributed by atoms with van der Waals surface area (Å²) in [5.41, 5.74) is 3.31. The molecule has 2 aromatic rings. The van der Waals surface area contributed by atoms with Crippen LogP contribution in [0.5, 0.6) is 0 Å². The van der Waals surface area contributed by atoms with E-state index in [2.05, 4.69) is 47.4 Å². The monoisotopic (exact) mass is 297 g/mol. The first-order valence-corrected chi connectivity index (χ1v) is 8.14. The fourth-order valence-corrected chi connectivity index (χ4v) is 4.37. The van der Waals surface area contributed by atoms with Crippen LogP contribution in [0.1, 0.15) is 24.0 Å². The Balaban J connectivity index is 1.51. The number of piperidine rings is 2.